The predicted molar refractivity (Wildman–Crippen MR) is 114 cm³/mol. The first-order valence-electron chi connectivity index (χ1n) is 9.01. The maximum Gasteiger partial charge on any atom is 0.416 e. The van der Waals surface area contributed by atoms with E-state index in [-0.39, 0.29) is 5.56 Å². The zero-order chi connectivity index (χ0) is 21.1. The quantitative estimate of drug-likeness (QED) is 0.394. The van der Waals surface area contributed by atoms with Gasteiger partial charge in [0.1, 0.15) is 5.01 Å². The molecule has 1 amide bonds. The molecule has 0 spiro atoms. The number of thiazole rings is 1. The molecule has 0 aliphatic rings. The molecular weight excluding hydrogens is 409 g/mol. The van der Waals surface area contributed by atoms with Gasteiger partial charge in [0.2, 0.25) is 0 Å². The molecule has 0 radical (unpaired) electrons. The Morgan fingerprint density at radius 2 is 1.70 bits per heavy atom. The van der Waals surface area contributed by atoms with Crippen LogP contribution in [0.4, 0.5) is 18.9 Å². The molecule has 1 heterocycles. The van der Waals surface area contributed by atoms with Gasteiger partial charge >= 0.3 is 6.18 Å². The highest BCUT2D eigenvalue weighted by molar-refractivity contribution is 7.19. The van der Waals surface area contributed by atoms with Crippen molar-refractivity contribution in [3.8, 4) is 0 Å². The summed E-state index contributed by atoms with van der Waals surface area (Å²) in [6, 6.07) is 19.3. The van der Waals surface area contributed by atoms with Crippen molar-refractivity contribution in [2.45, 2.75) is 6.18 Å². The first-order chi connectivity index (χ1) is 14.4. The fourth-order valence-corrected chi connectivity index (χ4v) is 3.72. The van der Waals surface area contributed by atoms with E-state index in [9.17, 15) is 18.0 Å². The number of aromatic nitrogens is 1. The topological polar surface area (TPSA) is 42.0 Å². The molecule has 0 aliphatic heterocycles. The minimum absolute atomic E-state index is 0.0513. The molecule has 3 nitrogen and oxygen atoms in total. The fraction of sp³-hybridized carbons (Fsp3) is 0.0435. The number of hydrogen-bond donors (Lipinski definition) is 1. The zero-order valence-corrected chi connectivity index (χ0v) is 16.3. The molecule has 1 N–H and O–H groups in total. The molecule has 0 saturated heterocycles. The summed E-state index contributed by atoms with van der Waals surface area (Å²) < 4.78 is 39.6. The Kier molecular flexibility index (Phi) is 5.37. The average molecular weight is 424 g/mol. The lowest BCUT2D eigenvalue weighted by molar-refractivity contribution is -0.137. The van der Waals surface area contributed by atoms with Gasteiger partial charge < -0.3 is 5.32 Å². The third-order valence-electron chi connectivity index (χ3n) is 4.35. The van der Waals surface area contributed by atoms with Crippen LogP contribution in [-0.4, -0.2) is 10.9 Å². The maximum absolute atomic E-state index is 12.8. The molecule has 7 heteroatoms. The van der Waals surface area contributed by atoms with Crippen molar-refractivity contribution in [3.05, 3.63) is 94.5 Å². The lowest BCUT2D eigenvalue weighted by Crippen LogP contribution is -2.13. The number of nitrogens with one attached hydrogen (secondary N) is 1. The van der Waals surface area contributed by atoms with Crippen LogP contribution in [-0.2, 0) is 6.18 Å². The van der Waals surface area contributed by atoms with Gasteiger partial charge in [0, 0.05) is 11.3 Å². The number of benzene rings is 3. The van der Waals surface area contributed by atoms with Crippen LogP contribution in [0.25, 0.3) is 22.4 Å². The molecule has 30 heavy (non-hydrogen) atoms. The van der Waals surface area contributed by atoms with Crippen molar-refractivity contribution >= 4 is 45.3 Å². The van der Waals surface area contributed by atoms with Gasteiger partial charge in [-0.2, -0.15) is 13.2 Å². The lowest BCUT2D eigenvalue weighted by atomic mass is 10.1. The number of fused-ring (bicyclic) bond motifs is 1. The summed E-state index contributed by atoms with van der Waals surface area (Å²) in [6.45, 7) is 0. The van der Waals surface area contributed by atoms with E-state index in [1.807, 2.05) is 48.6 Å². The first-order valence-corrected chi connectivity index (χ1v) is 9.82. The molecule has 4 aromatic rings. The van der Waals surface area contributed by atoms with E-state index in [4.69, 9.17) is 0 Å². The van der Waals surface area contributed by atoms with E-state index >= 15 is 0 Å². The van der Waals surface area contributed by atoms with Gasteiger partial charge in [0.05, 0.1) is 15.8 Å². The highest BCUT2D eigenvalue weighted by Crippen LogP contribution is 2.29. The highest BCUT2D eigenvalue weighted by Gasteiger charge is 2.30. The van der Waals surface area contributed by atoms with Crippen molar-refractivity contribution in [2.24, 2.45) is 0 Å². The number of hydrogen-bond acceptors (Lipinski definition) is 3. The monoisotopic (exact) mass is 424 g/mol. The van der Waals surface area contributed by atoms with E-state index in [1.54, 1.807) is 23.5 Å². The van der Waals surface area contributed by atoms with Crippen molar-refractivity contribution in [3.63, 3.8) is 0 Å². The van der Waals surface area contributed by atoms with Crippen LogP contribution in [0, 0.1) is 0 Å². The molecule has 1 aromatic heterocycles. The molecule has 0 bridgehead atoms. The number of rotatable bonds is 4. The van der Waals surface area contributed by atoms with Gasteiger partial charge in [-0.3, -0.25) is 4.79 Å². The Balaban J connectivity index is 1.44. The molecule has 4 rings (SSSR count). The van der Waals surface area contributed by atoms with Crippen LogP contribution >= 0.6 is 11.3 Å². The van der Waals surface area contributed by atoms with Gasteiger partial charge in [-0.25, -0.2) is 4.98 Å². The van der Waals surface area contributed by atoms with Crippen molar-refractivity contribution < 1.29 is 18.0 Å². The van der Waals surface area contributed by atoms with Crippen LogP contribution in [0.3, 0.4) is 0 Å². The normalized spacial score (nSPS) is 11.8. The number of carbonyl (C=O) groups excluding carboxylic acids is 1. The van der Waals surface area contributed by atoms with E-state index in [1.165, 1.54) is 12.1 Å². The summed E-state index contributed by atoms with van der Waals surface area (Å²) in [5, 5.41) is 3.50. The van der Waals surface area contributed by atoms with Gasteiger partial charge in [-0.1, -0.05) is 36.4 Å². The summed E-state index contributed by atoms with van der Waals surface area (Å²) in [5.74, 6) is -0.598. The van der Waals surface area contributed by atoms with E-state index in [0.29, 0.717) is 5.69 Å². The van der Waals surface area contributed by atoms with Crippen LogP contribution in [0.15, 0.2) is 72.8 Å². The zero-order valence-electron chi connectivity index (χ0n) is 15.5. The number of amides is 1. The van der Waals surface area contributed by atoms with E-state index < -0.39 is 17.6 Å². The van der Waals surface area contributed by atoms with Crippen molar-refractivity contribution in [2.75, 3.05) is 5.32 Å². The number of alkyl halides is 3. The number of halogens is 3. The molecule has 150 valence electrons. The smallest absolute Gasteiger partial charge is 0.322 e. The minimum atomic E-state index is -4.49. The molecule has 0 fully saturated rings. The Bertz CT molecular complexity index is 1190. The standard InChI is InChI=1S/C23H15F3N2OS/c24-23(25,26)17-5-3-4-16(14-17)22(29)27-18-11-8-15(9-12-18)10-13-21-28-19-6-1-2-7-20(19)30-21/h1-14H,(H,27,29). The Labute approximate surface area is 174 Å². The maximum atomic E-state index is 12.8. The van der Waals surface area contributed by atoms with Crippen LogP contribution in [0.5, 0.6) is 0 Å². The molecule has 3 aromatic carbocycles. The second kappa shape index (κ2) is 8.12. The summed E-state index contributed by atoms with van der Waals surface area (Å²) in [7, 11) is 0. The van der Waals surface area contributed by atoms with E-state index in [0.717, 1.165) is 32.9 Å². The SMILES string of the molecule is O=C(Nc1ccc(C=Cc2nc3ccccc3s2)cc1)c1cccc(C(F)(F)F)c1. The average Bonchev–Trinajstić information content (AvgIpc) is 3.16. The van der Waals surface area contributed by atoms with Crippen LogP contribution in [0.2, 0.25) is 0 Å². The summed E-state index contributed by atoms with van der Waals surface area (Å²) in [5.41, 5.74) is 1.45. The third kappa shape index (κ3) is 4.58. The summed E-state index contributed by atoms with van der Waals surface area (Å²) in [6.07, 6.45) is -0.662. The Hall–Kier alpha value is -3.45. The van der Waals surface area contributed by atoms with Gasteiger partial charge in [0.15, 0.2) is 0 Å². The predicted octanol–water partition coefficient (Wildman–Crippen LogP) is 6.74. The molecule has 0 saturated carbocycles. The summed E-state index contributed by atoms with van der Waals surface area (Å²) in [4.78, 5) is 16.8. The molecule has 0 atom stereocenters. The largest absolute Gasteiger partial charge is 0.416 e. The third-order valence-corrected chi connectivity index (χ3v) is 5.35. The highest BCUT2D eigenvalue weighted by atomic mass is 32.1. The van der Waals surface area contributed by atoms with E-state index in [2.05, 4.69) is 10.3 Å². The second-order valence-electron chi connectivity index (χ2n) is 6.51. The van der Waals surface area contributed by atoms with Gasteiger partial charge in [0.25, 0.3) is 5.91 Å². The van der Waals surface area contributed by atoms with Gasteiger partial charge in [-0.05, 0) is 54.1 Å². The van der Waals surface area contributed by atoms with Crippen LogP contribution < -0.4 is 5.32 Å². The Morgan fingerprint density at radius 1 is 0.933 bits per heavy atom. The van der Waals surface area contributed by atoms with Gasteiger partial charge in [-0.15, -0.1) is 11.3 Å². The fourth-order valence-electron chi connectivity index (χ4n) is 2.85. The Morgan fingerprint density at radius 3 is 2.43 bits per heavy atom. The van der Waals surface area contributed by atoms with Crippen LogP contribution in [0.1, 0.15) is 26.5 Å². The number of nitrogens with zero attached hydrogens (tertiary/aromatic N) is 1. The second-order valence-corrected chi connectivity index (χ2v) is 7.57. The number of anilines is 1. The minimum Gasteiger partial charge on any atom is -0.322 e. The molecule has 0 unspecified atom stereocenters. The lowest BCUT2D eigenvalue weighted by Gasteiger charge is -2.09. The molecule has 0 aliphatic carbocycles. The number of carbonyl (C=O) groups is 1. The molecular formula is C23H15F3N2OS. The first kappa shape index (κ1) is 19.8. The summed E-state index contributed by atoms with van der Waals surface area (Å²) >= 11 is 1.59. The van der Waals surface area contributed by atoms with Crippen molar-refractivity contribution in [1.82, 2.24) is 4.98 Å². The number of para-hydroxylation sites is 1. The van der Waals surface area contributed by atoms with Crippen molar-refractivity contribution in [1.29, 1.82) is 0 Å².